The van der Waals surface area contributed by atoms with Crippen LogP contribution in [0.5, 0.6) is 0 Å². The van der Waals surface area contributed by atoms with Crippen molar-refractivity contribution in [2.24, 2.45) is 17.3 Å². The second-order valence-corrected chi connectivity index (χ2v) is 12.5. The van der Waals surface area contributed by atoms with E-state index in [9.17, 15) is 45.6 Å². The highest BCUT2D eigenvalue weighted by Crippen LogP contribution is 2.55. The van der Waals surface area contributed by atoms with Crippen LogP contribution in [0.3, 0.4) is 0 Å². The average molecular weight is 577 g/mol. The number of hydrogen-bond donors (Lipinski definition) is 8. The Labute approximate surface area is 232 Å². The zero-order chi connectivity index (χ0) is 29.7. The third-order valence-electron chi connectivity index (χ3n) is 9.46. The summed E-state index contributed by atoms with van der Waals surface area (Å²) in [5.41, 5.74) is -0.613. The summed E-state index contributed by atoms with van der Waals surface area (Å²) in [7, 11) is 0. The number of allylic oxidation sites excluding steroid dienone is 2. The van der Waals surface area contributed by atoms with Crippen molar-refractivity contribution in [2.45, 2.75) is 120 Å². The van der Waals surface area contributed by atoms with Gasteiger partial charge in [-0.3, -0.25) is 4.79 Å². The van der Waals surface area contributed by atoms with E-state index < -0.39 is 80.2 Å². The average Bonchev–Trinajstić information content (AvgIpc) is 2.90. The van der Waals surface area contributed by atoms with Crippen LogP contribution in [0.2, 0.25) is 0 Å². The lowest BCUT2D eigenvalue weighted by atomic mass is 9.56. The van der Waals surface area contributed by atoms with Gasteiger partial charge >= 0.3 is 0 Å². The number of ether oxygens (including phenoxy) is 4. The maximum absolute atomic E-state index is 13.2. The Balaban J connectivity index is 1.53. The van der Waals surface area contributed by atoms with Crippen molar-refractivity contribution in [2.75, 3.05) is 13.2 Å². The number of carbonyl (C=O) groups is 1. The van der Waals surface area contributed by atoms with Crippen LogP contribution in [0, 0.1) is 17.3 Å². The van der Waals surface area contributed by atoms with Gasteiger partial charge in [-0.15, -0.1) is 0 Å². The highest BCUT2D eigenvalue weighted by Gasteiger charge is 2.53. The molecule has 0 spiro atoms. The van der Waals surface area contributed by atoms with Crippen molar-refractivity contribution < 1.29 is 64.6 Å². The molecule has 0 aromatic heterocycles. The summed E-state index contributed by atoms with van der Waals surface area (Å²) in [6.07, 6.45) is -12.3. The molecule has 3 fully saturated rings. The monoisotopic (exact) mass is 576 g/mol. The van der Waals surface area contributed by atoms with Gasteiger partial charge in [0.25, 0.3) is 0 Å². The standard InChI is InChI=1S/C27H44O13/c1-11-13-7-12(26(2,3)40-25-22(36)20(34)18(32)16(10-29)38-25)5-6-27(13,4)8-14(30)23(11)39-24-21(35)19(33)17(31)15(9-28)37-24/h12-13,15-22,24-25,28-29,31-36H,5-10H2,1-4H3. The van der Waals surface area contributed by atoms with Crippen molar-refractivity contribution >= 4 is 5.78 Å². The molecule has 4 aliphatic rings. The lowest BCUT2D eigenvalue weighted by Gasteiger charge is -2.52. The third kappa shape index (κ3) is 5.71. The summed E-state index contributed by atoms with van der Waals surface area (Å²) in [6.45, 7) is 6.28. The van der Waals surface area contributed by atoms with E-state index in [1.807, 2.05) is 20.8 Å². The summed E-state index contributed by atoms with van der Waals surface area (Å²) in [5.74, 6) is -0.486. The molecule has 13 heteroatoms. The van der Waals surface area contributed by atoms with Crippen molar-refractivity contribution in [1.82, 2.24) is 0 Å². The van der Waals surface area contributed by atoms with Crippen molar-refractivity contribution in [1.29, 1.82) is 0 Å². The minimum atomic E-state index is -1.65. The topological polar surface area (TPSA) is 216 Å². The molecule has 0 bridgehead atoms. The maximum atomic E-state index is 13.2. The first kappa shape index (κ1) is 31.7. The zero-order valence-electron chi connectivity index (χ0n) is 23.3. The van der Waals surface area contributed by atoms with Crippen LogP contribution in [-0.2, 0) is 23.7 Å². The normalized spacial score (nSPS) is 46.8. The summed E-state index contributed by atoms with van der Waals surface area (Å²) in [4.78, 5) is 13.2. The second-order valence-electron chi connectivity index (χ2n) is 12.5. The number of hydrogen-bond acceptors (Lipinski definition) is 13. The van der Waals surface area contributed by atoms with Crippen LogP contribution in [0.15, 0.2) is 11.3 Å². The molecule has 1 saturated carbocycles. The summed E-state index contributed by atoms with van der Waals surface area (Å²) in [6, 6.07) is 0. The van der Waals surface area contributed by atoms with Gasteiger partial charge in [0, 0.05) is 6.42 Å². The predicted octanol–water partition coefficient (Wildman–Crippen LogP) is -1.93. The van der Waals surface area contributed by atoms with Crippen LogP contribution < -0.4 is 0 Å². The van der Waals surface area contributed by atoms with Crippen LogP contribution in [0.25, 0.3) is 0 Å². The van der Waals surface area contributed by atoms with Crippen molar-refractivity contribution in [3.8, 4) is 0 Å². The van der Waals surface area contributed by atoms with Gasteiger partial charge in [-0.25, -0.2) is 0 Å². The van der Waals surface area contributed by atoms with Gasteiger partial charge in [-0.2, -0.15) is 0 Å². The fraction of sp³-hybridized carbons (Fsp3) is 0.889. The molecule has 8 N–H and O–H groups in total. The van der Waals surface area contributed by atoms with Gasteiger partial charge in [-0.05, 0) is 62.9 Å². The number of aliphatic hydroxyl groups is 8. The number of Topliss-reactive ketones (excluding diaryl/α,β-unsaturated/α-hetero) is 1. The highest BCUT2D eigenvalue weighted by molar-refractivity contribution is 5.95. The number of carbonyl (C=O) groups excluding carboxylic acids is 1. The van der Waals surface area contributed by atoms with Gasteiger partial charge in [0.15, 0.2) is 17.8 Å². The molecule has 0 aromatic carbocycles. The van der Waals surface area contributed by atoms with Crippen LogP contribution >= 0.6 is 0 Å². The summed E-state index contributed by atoms with van der Waals surface area (Å²) in [5, 5.41) is 80.4. The first-order valence-electron chi connectivity index (χ1n) is 13.8. The van der Waals surface area contributed by atoms with Gasteiger partial charge in [0.05, 0.1) is 18.8 Å². The van der Waals surface area contributed by atoms with E-state index in [0.29, 0.717) is 24.8 Å². The number of ketones is 1. The minimum Gasteiger partial charge on any atom is -0.458 e. The summed E-state index contributed by atoms with van der Waals surface area (Å²) < 4.78 is 23.0. The molecule has 4 rings (SSSR count). The Morgan fingerprint density at radius 2 is 1.40 bits per heavy atom. The Kier molecular flexibility index (Phi) is 9.36. The molecule has 2 heterocycles. The van der Waals surface area contributed by atoms with E-state index in [-0.39, 0.29) is 35.2 Å². The molecular weight excluding hydrogens is 532 g/mol. The Morgan fingerprint density at radius 1 is 0.875 bits per heavy atom. The minimum absolute atomic E-state index is 0.0140. The van der Waals surface area contributed by atoms with E-state index >= 15 is 0 Å². The Morgan fingerprint density at radius 3 is 1.95 bits per heavy atom. The molecule has 13 unspecified atom stereocenters. The summed E-state index contributed by atoms with van der Waals surface area (Å²) >= 11 is 0. The molecule has 0 aromatic rings. The lowest BCUT2D eigenvalue weighted by Crippen LogP contribution is -2.61. The maximum Gasteiger partial charge on any atom is 0.229 e. The molecule has 2 saturated heterocycles. The quantitative estimate of drug-likeness (QED) is 0.166. The molecule has 0 amide bonds. The van der Waals surface area contributed by atoms with E-state index in [2.05, 4.69) is 0 Å². The molecule has 40 heavy (non-hydrogen) atoms. The van der Waals surface area contributed by atoms with Crippen molar-refractivity contribution in [3.63, 3.8) is 0 Å². The molecule has 13 atom stereocenters. The SMILES string of the molecule is CC1=C(OC2OC(CO)C(O)C(O)C2O)C(=O)CC2(C)CCC(C(C)(C)OC3OC(CO)C(O)C(O)C3O)CC12. The van der Waals surface area contributed by atoms with Crippen molar-refractivity contribution in [3.05, 3.63) is 11.3 Å². The van der Waals surface area contributed by atoms with E-state index in [4.69, 9.17) is 18.9 Å². The van der Waals surface area contributed by atoms with Crippen LogP contribution in [-0.4, -0.2) is 127 Å². The van der Waals surface area contributed by atoms with E-state index in [1.54, 1.807) is 6.92 Å². The number of rotatable bonds is 7. The van der Waals surface area contributed by atoms with Crippen LogP contribution in [0.1, 0.15) is 53.4 Å². The predicted molar refractivity (Wildman–Crippen MR) is 135 cm³/mol. The second kappa shape index (κ2) is 11.8. The number of aliphatic hydroxyl groups excluding tert-OH is 8. The fourth-order valence-corrected chi connectivity index (χ4v) is 6.73. The Bertz CT molecular complexity index is 951. The van der Waals surface area contributed by atoms with Gasteiger partial charge in [0.1, 0.15) is 48.8 Å². The molecule has 2 aliphatic heterocycles. The van der Waals surface area contributed by atoms with Gasteiger partial charge in [0.2, 0.25) is 6.29 Å². The van der Waals surface area contributed by atoms with Gasteiger partial charge < -0.3 is 59.8 Å². The Hall–Kier alpha value is -1.23. The van der Waals surface area contributed by atoms with E-state index in [0.717, 1.165) is 0 Å². The molecular formula is C27H44O13. The first-order chi connectivity index (χ1) is 18.6. The third-order valence-corrected chi connectivity index (χ3v) is 9.46. The van der Waals surface area contributed by atoms with Crippen LogP contribution in [0.4, 0.5) is 0 Å². The molecule has 13 nitrogen and oxygen atoms in total. The smallest absolute Gasteiger partial charge is 0.229 e. The highest BCUT2D eigenvalue weighted by atomic mass is 16.7. The number of fused-ring (bicyclic) bond motifs is 1. The van der Waals surface area contributed by atoms with Gasteiger partial charge in [-0.1, -0.05) is 6.92 Å². The lowest BCUT2D eigenvalue weighted by molar-refractivity contribution is -0.330. The first-order valence-corrected chi connectivity index (χ1v) is 13.8. The molecule has 2 aliphatic carbocycles. The fourth-order valence-electron chi connectivity index (χ4n) is 6.73. The molecule has 0 radical (unpaired) electrons. The largest absolute Gasteiger partial charge is 0.458 e. The zero-order valence-corrected chi connectivity index (χ0v) is 23.3. The molecule has 230 valence electrons. The van der Waals surface area contributed by atoms with E-state index in [1.165, 1.54) is 0 Å².